The molecule has 0 saturated carbocycles. The lowest BCUT2D eigenvalue weighted by Gasteiger charge is -2.38. The maximum Gasteiger partial charge on any atom is 0.262 e. The Kier molecular flexibility index (Phi) is 11.1. The van der Waals surface area contributed by atoms with Gasteiger partial charge in [-0.05, 0) is 80.2 Å². The molecule has 13 heteroatoms. The third-order valence-corrected chi connectivity index (χ3v) is 10.1. The van der Waals surface area contributed by atoms with E-state index >= 15 is 0 Å². The molecular weight excluding hydrogens is 666 g/mol. The van der Waals surface area contributed by atoms with Crippen LogP contribution in [0, 0.1) is 5.92 Å². The first-order chi connectivity index (χ1) is 23.4. The Labute approximate surface area is 291 Å². The first kappa shape index (κ1) is 35.7. The zero-order valence-electron chi connectivity index (χ0n) is 27.5. The van der Waals surface area contributed by atoms with Gasteiger partial charge in [0.25, 0.3) is 21.8 Å². The number of aliphatic hydroxyl groups excluding tert-OH is 1. The van der Waals surface area contributed by atoms with Gasteiger partial charge in [0.05, 0.1) is 40.2 Å². The summed E-state index contributed by atoms with van der Waals surface area (Å²) < 4.78 is 35.9. The Balaban J connectivity index is 1.37. The van der Waals surface area contributed by atoms with E-state index in [1.165, 1.54) is 24.3 Å². The van der Waals surface area contributed by atoms with Crippen LogP contribution in [0.2, 0.25) is 5.02 Å². The average molecular weight is 706 g/mol. The number of nitrogens with one attached hydrogen (secondary N) is 2. The van der Waals surface area contributed by atoms with Crippen molar-refractivity contribution >= 4 is 50.5 Å². The molecule has 0 unspecified atom stereocenters. The van der Waals surface area contributed by atoms with E-state index in [1.54, 1.807) is 66.4 Å². The SMILES string of the molecule is C[C@@H]1CN([C@H](C)CO)C(=O)c2cccc(NS(=O)(=O)c3ccc(Cl)cc3)c2O[C@H]1CN(C)Cc1ccc(C(=O)Nc2ccccc2N)cc1. The number of nitrogen functional groups attached to an aromatic ring is 1. The average Bonchev–Trinajstić information content (AvgIpc) is 3.07. The Morgan fingerprint density at radius 1 is 1.04 bits per heavy atom. The van der Waals surface area contributed by atoms with Crippen molar-refractivity contribution in [3.8, 4) is 5.75 Å². The highest BCUT2D eigenvalue weighted by atomic mass is 35.5. The van der Waals surface area contributed by atoms with Crippen LogP contribution in [0.15, 0.2) is 95.9 Å². The van der Waals surface area contributed by atoms with Gasteiger partial charge in [-0.2, -0.15) is 0 Å². The Bertz CT molecular complexity index is 1910. The fraction of sp³-hybridized carbons (Fsp3) is 0.278. The number of hydrogen-bond donors (Lipinski definition) is 4. The van der Waals surface area contributed by atoms with E-state index in [1.807, 2.05) is 26.1 Å². The zero-order chi connectivity index (χ0) is 35.3. The van der Waals surface area contributed by atoms with Gasteiger partial charge in [0.15, 0.2) is 5.75 Å². The van der Waals surface area contributed by atoms with Crippen LogP contribution in [0.5, 0.6) is 5.75 Å². The van der Waals surface area contributed by atoms with Gasteiger partial charge in [-0.3, -0.25) is 19.2 Å². The van der Waals surface area contributed by atoms with Crippen molar-refractivity contribution in [3.05, 3.63) is 113 Å². The van der Waals surface area contributed by atoms with Gasteiger partial charge in [0, 0.05) is 36.1 Å². The molecule has 0 saturated heterocycles. The van der Waals surface area contributed by atoms with Crippen LogP contribution < -0.4 is 20.5 Å². The quantitative estimate of drug-likeness (QED) is 0.153. The number of carbonyl (C=O) groups is 2. The number of aliphatic hydroxyl groups is 1. The van der Waals surface area contributed by atoms with E-state index < -0.39 is 22.2 Å². The molecule has 0 fully saturated rings. The highest BCUT2D eigenvalue weighted by Gasteiger charge is 2.35. The maximum atomic E-state index is 13.8. The minimum atomic E-state index is -4.06. The number of amides is 2. The molecule has 5 N–H and O–H groups in total. The second-order valence-electron chi connectivity index (χ2n) is 12.3. The summed E-state index contributed by atoms with van der Waals surface area (Å²) in [5, 5.41) is 13.2. The molecule has 4 aromatic rings. The van der Waals surface area contributed by atoms with Gasteiger partial charge in [-0.1, -0.05) is 48.9 Å². The molecule has 3 atom stereocenters. The van der Waals surface area contributed by atoms with Crippen molar-refractivity contribution in [1.29, 1.82) is 0 Å². The van der Waals surface area contributed by atoms with E-state index in [0.717, 1.165) is 5.56 Å². The number of likely N-dealkylation sites (N-methyl/N-ethyl adjacent to an activating group) is 1. The van der Waals surface area contributed by atoms with Crippen LogP contribution in [0.3, 0.4) is 0 Å². The molecule has 0 spiro atoms. The molecule has 0 radical (unpaired) electrons. The number of nitrogens with zero attached hydrogens (tertiary/aromatic N) is 2. The minimum Gasteiger partial charge on any atom is -0.486 e. The Hall–Kier alpha value is -4.62. The summed E-state index contributed by atoms with van der Waals surface area (Å²) in [6.45, 7) is 4.74. The molecule has 258 valence electrons. The number of halogens is 1. The molecule has 0 aliphatic carbocycles. The third kappa shape index (κ3) is 8.52. The lowest BCUT2D eigenvalue weighted by Crippen LogP contribution is -2.49. The Morgan fingerprint density at radius 3 is 2.39 bits per heavy atom. The number of para-hydroxylation sites is 3. The maximum absolute atomic E-state index is 13.8. The molecule has 1 aliphatic rings. The summed E-state index contributed by atoms with van der Waals surface area (Å²) >= 11 is 5.97. The first-order valence-electron chi connectivity index (χ1n) is 15.8. The Morgan fingerprint density at radius 2 is 1.71 bits per heavy atom. The van der Waals surface area contributed by atoms with Crippen molar-refractivity contribution in [2.75, 3.05) is 42.5 Å². The van der Waals surface area contributed by atoms with Crippen molar-refractivity contribution < 1.29 is 27.9 Å². The highest BCUT2D eigenvalue weighted by Crippen LogP contribution is 2.36. The first-order valence-corrected chi connectivity index (χ1v) is 17.7. The van der Waals surface area contributed by atoms with Crippen LogP contribution in [0.4, 0.5) is 17.1 Å². The van der Waals surface area contributed by atoms with Gasteiger partial charge < -0.3 is 25.8 Å². The number of benzene rings is 4. The summed E-state index contributed by atoms with van der Waals surface area (Å²) in [5.41, 5.74) is 8.73. The molecule has 0 aromatic heterocycles. The predicted molar refractivity (Wildman–Crippen MR) is 191 cm³/mol. The predicted octanol–water partition coefficient (Wildman–Crippen LogP) is 5.33. The largest absolute Gasteiger partial charge is 0.486 e. The van der Waals surface area contributed by atoms with E-state index in [2.05, 4.69) is 14.9 Å². The van der Waals surface area contributed by atoms with Crippen LogP contribution in [-0.2, 0) is 16.6 Å². The fourth-order valence-corrected chi connectivity index (χ4v) is 6.80. The number of hydrogen-bond acceptors (Lipinski definition) is 8. The van der Waals surface area contributed by atoms with Crippen LogP contribution in [0.25, 0.3) is 0 Å². The summed E-state index contributed by atoms with van der Waals surface area (Å²) in [5.74, 6) is -0.737. The van der Waals surface area contributed by atoms with Crippen LogP contribution in [0.1, 0.15) is 40.1 Å². The topological polar surface area (TPSA) is 154 Å². The second-order valence-corrected chi connectivity index (χ2v) is 14.4. The normalized spacial score (nSPS) is 17.0. The van der Waals surface area contributed by atoms with Gasteiger partial charge >= 0.3 is 0 Å². The smallest absolute Gasteiger partial charge is 0.262 e. The standard InChI is InChI=1S/C36H40ClN5O6S/c1-23-19-42(24(2)22-43)36(45)29-7-6-10-32(40-49(46,47)28-17-15-27(37)16-18-28)34(29)48-33(23)21-41(3)20-25-11-13-26(14-12-25)35(44)39-31-9-5-4-8-30(31)38/h4-18,23-24,33,40,43H,19-22,38H2,1-3H3,(H,39,44)/t23-,24-,33+/m1/s1. The molecule has 5 rings (SSSR count). The number of anilines is 3. The van der Waals surface area contributed by atoms with Crippen LogP contribution >= 0.6 is 11.6 Å². The highest BCUT2D eigenvalue weighted by molar-refractivity contribution is 7.92. The summed E-state index contributed by atoms with van der Waals surface area (Å²) in [7, 11) is -2.13. The molecular formula is C36H40ClN5O6S. The number of rotatable bonds is 11. The van der Waals surface area contributed by atoms with E-state index in [9.17, 15) is 23.1 Å². The minimum absolute atomic E-state index is 0.000416. The van der Waals surface area contributed by atoms with E-state index in [-0.39, 0.29) is 46.2 Å². The summed E-state index contributed by atoms with van der Waals surface area (Å²) in [6, 6.07) is 24.3. The van der Waals surface area contributed by atoms with E-state index in [4.69, 9.17) is 22.1 Å². The summed E-state index contributed by atoms with van der Waals surface area (Å²) in [4.78, 5) is 30.3. The van der Waals surface area contributed by atoms with Gasteiger partial charge in [0.2, 0.25) is 0 Å². The molecule has 49 heavy (non-hydrogen) atoms. The van der Waals surface area contributed by atoms with Crippen molar-refractivity contribution in [2.24, 2.45) is 5.92 Å². The van der Waals surface area contributed by atoms with Gasteiger partial charge in [-0.25, -0.2) is 8.42 Å². The number of carbonyl (C=O) groups excluding carboxylic acids is 2. The lowest BCUT2D eigenvalue weighted by molar-refractivity contribution is 0.0344. The van der Waals surface area contributed by atoms with Crippen molar-refractivity contribution in [3.63, 3.8) is 0 Å². The monoisotopic (exact) mass is 705 g/mol. The van der Waals surface area contributed by atoms with Crippen molar-refractivity contribution in [2.45, 2.75) is 37.4 Å². The molecule has 1 heterocycles. The molecule has 11 nitrogen and oxygen atoms in total. The molecule has 4 aromatic carbocycles. The third-order valence-electron chi connectivity index (χ3n) is 8.43. The van der Waals surface area contributed by atoms with Gasteiger partial charge in [-0.15, -0.1) is 0 Å². The lowest BCUT2D eigenvalue weighted by atomic mass is 9.99. The number of nitrogens with two attached hydrogens (primary N) is 1. The van der Waals surface area contributed by atoms with Crippen LogP contribution in [-0.4, -0.2) is 74.0 Å². The number of ether oxygens (including phenoxy) is 1. The number of fused-ring (bicyclic) bond motifs is 1. The second kappa shape index (κ2) is 15.3. The van der Waals surface area contributed by atoms with E-state index in [0.29, 0.717) is 41.6 Å². The molecule has 1 aliphatic heterocycles. The van der Waals surface area contributed by atoms with Crippen molar-refractivity contribution in [1.82, 2.24) is 9.80 Å². The zero-order valence-corrected chi connectivity index (χ0v) is 29.0. The summed E-state index contributed by atoms with van der Waals surface area (Å²) in [6.07, 6.45) is -0.479. The fourth-order valence-electron chi connectivity index (χ4n) is 5.61. The molecule has 0 bridgehead atoms. The number of sulfonamides is 1. The van der Waals surface area contributed by atoms with Gasteiger partial charge in [0.1, 0.15) is 6.10 Å². The molecule has 2 amide bonds.